The lowest BCUT2D eigenvalue weighted by Gasteiger charge is -2.04. The minimum Gasteiger partial charge on any atom is -0.462 e. The molecule has 0 aromatic carbocycles. The second-order valence-electron chi connectivity index (χ2n) is 3.42. The number of hydrogen-bond acceptors (Lipinski definition) is 3. The van der Waals surface area contributed by atoms with Crippen LogP contribution < -0.4 is 0 Å². The third kappa shape index (κ3) is 4.44. The first-order valence-corrected chi connectivity index (χ1v) is 4.98. The van der Waals surface area contributed by atoms with E-state index >= 15 is 0 Å². The Kier molecular flexibility index (Phi) is 4.60. The van der Waals surface area contributed by atoms with Gasteiger partial charge in [0.15, 0.2) is 0 Å². The molecule has 0 N–H and O–H groups in total. The van der Waals surface area contributed by atoms with Crippen LogP contribution in [0, 0.1) is 0 Å². The maximum Gasteiger partial charge on any atom is 0.333 e. The molecule has 0 saturated carbocycles. The molecule has 0 saturated heterocycles. The first-order chi connectivity index (χ1) is 7.20. The van der Waals surface area contributed by atoms with E-state index in [1.165, 1.54) is 0 Å². The molecular weight excluding hydrogens is 192 g/mol. The van der Waals surface area contributed by atoms with Crippen molar-refractivity contribution in [3.63, 3.8) is 0 Å². The SMILES string of the molecule is C=C(C)C(=O)OCCCCn1ccnc1. The lowest BCUT2D eigenvalue weighted by Crippen LogP contribution is -2.06. The Morgan fingerprint density at radius 1 is 1.53 bits per heavy atom. The van der Waals surface area contributed by atoms with Gasteiger partial charge in [-0.25, -0.2) is 9.78 Å². The van der Waals surface area contributed by atoms with Gasteiger partial charge in [-0.3, -0.25) is 0 Å². The van der Waals surface area contributed by atoms with Crippen molar-refractivity contribution in [1.29, 1.82) is 0 Å². The molecule has 4 nitrogen and oxygen atoms in total. The van der Waals surface area contributed by atoms with E-state index in [2.05, 4.69) is 11.6 Å². The number of nitrogens with zero attached hydrogens (tertiary/aromatic N) is 2. The number of aryl methyl sites for hydroxylation is 1. The number of esters is 1. The van der Waals surface area contributed by atoms with E-state index in [9.17, 15) is 4.79 Å². The fourth-order valence-electron chi connectivity index (χ4n) is 1.10. The van der Waals surface area contributed by atoms with Gasteiger partial charge in [0.1, 0.15) is 0 Å². The van der Waals surface area contributed by atoms with Crippen LogP contribution in [0.5, 0.6) is 0 Å². The number of ether oxygens (including phenoxy) is 1. The lowest BCUT2D eigenvalue weighted by molar-refractivity contribution is -0.139. The van der Waals surface area contributed by atoms with E-state index in [4.69, 9.17) is 4.74 Å². The summed E-state index contributed by atoms with van der Waals surface area (Å²) in [4.78, 5) is 14.9. The van der Waals surface area contributed by atoms with Gasteiger partial charge in [0, 0.05) is 24.5 Å². The summed E-state index contributed by atoms with van der Waals surface area (Å²) in [5.41, 5.74) is 0.449. The molecule has 4 heteroatoms. The average molecular weight is 208 g/mol. The highest BCUT2D eigenvalue weighted by Crippen LogP contribution is 1.98. The normalized spacial score (nSPS) is 9.93. The fraction of sp³-hybridized carbons (Fsp3) is 0.455. The second-order valence-corrected chi connectivity index (χ2v) is 3.42. The zero-order valence-corrected chi connectivity index (χ0v) is 8.98. The van der Waals surface area contributed by atoms with Crippen LogP contribution >= 0.6 is 0 Å². The Morgan fingerprint density at radius 3 is 2.93 bits per heavy atom. The number of imidazole rings is 1. The van der Waals surface area contributed by atoms with E-state index in [0.29, 0.717) is 12.2 Å². The summed E-state index contributed by atoms with van der Waals surface area (Å²) in [6.45, 7) is 6.52. The van der Waals surface area contributed by atoms with Crippen LogP contribution in [0.15, 0.2) is 30.9 Å². The topological polar surface area (TPSA) is 44.1 Å². The molecule has 0 aliphatic rings. The van der Waals surface area contributed by atoms with E-state index in [1.54, 1.807) is 19.4 Å². The molecule has 0 unspecified atom stereocenters. The number of carbonyl (C=O) groups excluding carboxylic acids is 1. The third-order valence-corrected chi connectivity index (χ3v) is 1.95. The Hall–Kier alpha value is -1.58. The molecule has 0 amide bonds. The molecule has 0 spiro atoms. The maximum atomic E-state index is 11.0. The van der Waals surface area contributed by atoms with Crippen LogP contribution in [-0.4, -0.2) is 22.1 Å². The Morgan fingerprint density at radius 2 is 2.33 bits per heavy atom. The van der Waals surface area contributed by atoms with Crippen LogP contribution in [0.25, 0.3) is 0 Å². The first-order valence-electron chi connectivity index (χ1n) is 4.98. The summed E-state index contributed by atoms with van der Waals surface area (Å²) in [6.07, 6.45) is 7.28. The van der Waals surface area contributed by atoms with Crippen LogP contribution in [0.1, 0.15) is 19.8 Å². The summed E-state index contributed by atoms with van der Waals surface area (Å²) < 4.78 is 6.96. The molecule has 15 heavy (non-hydrogen) atoms. The summed E-state index contributed by atoms with van der Waals surface area (Å²) in [6, 6.07) is 0. The summed E-state index contributed by atoms with van der Waals surface area (Å²) in [5, 5.41) is 0. The molecule has 0 atom stereocenters. The molecule has 0 fully saturated rings. The zero-order valence-electron chi connectivity index (χ0n) is 8.98. The summed E-state index contributed by atoms with van der Waals surface area (Å²) in [5.74, 6) is -0.308. The molecule has 1 aromatic heterocycles. The number of hydrogen-bond donors (Lipinski definition) is 0. The van der Waals surface area contributed by atoms with Crippen LogP contribution in [-0.2, 0) is 16.1 Å². The zero-order chi connectivity index (χ0) is 11.1. The van der Waals surface area contributed by atoms with Crippen LogP contribution in [0.3, 0.4) is 0 Å². The van der Waals surface area contributed by atoms with Gasteiger partial charge in [-0.15, -0.1) is 0 Å². The van der Waals surface area contributed by atoms with Crippen LogP contribution in [0.2, 0.25) is 0 Å². The Labute approximate surface area is 89.6 Å². The van der Waals surface area contributed by atoms with E-state index in [1.807, 2.05) is 10.8 Å². The Bertz CT molecular complexity index is 317. The van der Waals surface area contributed by atoms with E-state index < -0.39 is 0 Å². The summed E-state index contributed by atoms with van der Waals surface area (Å²) >= 11 is 0. The number of rotatable bonds is 6. The molecular formula is C11H16N2O2. The van der Waals surface area contributed by atoms with Gasteiger partial charge in [-0.2, -0.15) is 0 Å². The predicted molar refractivity (Wildman–Crippen MR) is 57.2 cm³/mol. The highest BCUT2D eigenvalue weighted by Gasteiger charge is 2.01. The maximum absolute atomic E-state index is 11.0. The van der Waals surface area contributed by atoms with E-state index in [-0.39, 0.29) is 5.97 Å². The highest BCUT2D eigenvalue weighted by molar-refractivity contribution is 5.86. The molecule has 0 bridgehead atoms. The van der Waals surface area contributed by atoms with Gasteiger partial charge in [-0.05, 0) is 19.8 Å². The van der Waals surface area contributed by atoms with Crippen molar-refractivity contribution in [2.75, 3.05) is 6.61 Å². The van der Waals surface area contributed by atoms with Crippen molar-refractivity contribution in [1.82, 2.24) is 9.55 Å². The van der Waals surface area contributed by atoms with Crippen molar-refractivity contribution >= 4 is 5.97 Å². The lowest BCUT2D eigenvalue weighted by atomic mass is 10.3. The third-order valence-electron chi connectivity index (χ3n) is 1.95. The first kappa shape index (κ1) is 11.5. The van der Waals surface area contributed by atoms with Gasteiger partial charge in [-0.1, -0.05) is 6.58 Å². The molecule has 0 aliphatic carbocycles. The number of aromatic nitrogens is 2. The predicted octanol–water partition coefficient (Wildman–Crippen LogP) is 1.78. The molecule has 1 rings (SSSR count). The highest BCUT2D eigenvalue weighted by atomic mass is 16.5. The standard InChI is InChI=1S/C11H16N2O2/c1-10(2)11(14)15-8-4-3-6-13-7-5-12-9-13/h5,7,9H,1,3-4,6,8H2,2H3. The van der Waals surface area contributed by atoms with Crippen molar-refractivity contribution in [2.45, 2.75) is 26.3 Å². The van der Waals surface area contributed by atoms with Gasteiger partial charge in [0.25, 0.3) is 0 Å². The molecule has 82 valence electrons. The minimum absolute atomic E-state index is 0.308. The Balaban J connectivity index is 2.03. The van der Waals surface area contributed by atoms with Crippen molar-refractivity contribution in [3.05, 3.63) is 30.9 Å². The molecule has 1 heterocycles. The van der Waals surface area contributed by atoms with Gasteiger partial charge in [0.05, 0.1) is 12.9 Å². The molecule has 0 radical (unpaired) electrons. The number of carbonyl (C=O) groups is 1. The quantitative estimate of drug-likeness (QED) is 0.406. The van der Waals surface area contributed by atoms with Crippen LogP contribution in [0.4, 0.5) is 0 Å². The van der Waals surface area contributed by atoms with Crippen molar-refractivity contribution in [2.24, 2.45) is 0 Å². The van der Waals surface area contributed by atoms with E-state index in [0.717, 1.165) is 19.4 Å². The number of unbranched alkanes of at least 4 members (excludes halogenated alkanes) is 1. The molecule has 0 aliphatic heterocycles. The second kappa shape index (κ2) is 6.01. The average Bonchev–Trinajstić information content (AvgIpc) is 2.69. The fourth-order valence-corrected chi connectivity index (χ4v) is 1.10. The van der Waals surface area contributed by atoms with Gasteiger partial charge < -0.3 is 9.30 Å². The largest absolute Gasteiger partial charge is 0.462 e. The van der Waals surface area contributed by atoms with Gasteiger partial charge >= 0.3 is 5.97 Å². The summed E-state index contributed by atoms with van der Waals surface area (Å²) in [7, 11) is 0. The van der Waals surface area contributed by atoms with Crippen molar-refractivity contribution in [3.8, 4) is 0 Å². The minimum atomic E-state index is -0.308. The molecule has 1 aromatic rings. The van der Waals surface area contributed by atoms with Crippen molar-refractivity contribution < 1.29 is 9.53 Å². The van der Waals surface area contributed by atoms with Gasteiger partial charge in [0.2, 0.25) is 0 Å². The monoisotopic (exact) mass is 208 g/mol. The smallest absolute Gasteiger partial charge is 0.333 e.